The number of aryl methyl sites for hydroxylation is 1. The van der Waals surface area contributed by atoms with Gasteiger partial charge < -0.3 is 16.2 Å². The Balaban J connectivity index is 2.76. The summed E-state index contributed by atoms with van der Waals surface area (Å²) in [7, 11) is 0. The zero-order chi connectivity index (χ0) is 11.4. The minimum atomic E-state index is 0.116. The van der Waals surface area contributed by atoms with Crippen molar-refractivity contribution >= 4 is 23.1 Å². The second-order valence-corrected chi connectivity index (χ2v) is 3.85. The largest absolute Gasteiger partial charge is 0.396 e. The molecule has 5 nitrogen and oxygen atoms in total. The molecule has 0 aromatic carbocycles. The van der Waals surface area contributed by atoms with E-state index in [1.807, 2.05) is 6.92 Å². The fourth-order valence-corrected chi connectivity index (χ4v) is 1.23. The molecule has 4 N–H and O–H groups in total. The van der Waals surface area contributed by atoms with Crippen molar-refractivity contribution < 1.29 is 5.11 Å². The number of hydrogen-bond acceptors (Lipinski definition) is 5. The number of aliphatic hydroxyl groups is 1. The van der Waals surface area contributed by atoms with Crippen molar-refractivity contribution in [2.75, 3.05) is 24.2 Å². The Morgan fingerprint density at radius 1 is 1.53 bits per heavy atom. The van der Waals surface area contributed by atoms with Crippen LogP contribution in [0.15, 0.2) is 0 Å². The lowest BCUT2D eigenvalue weighted by atomic mass is 10.2. The van der Waals surface area contributed by atoms with Crippen LogP contribution in [0.3, 0.4) is 0 Å². The number of nitrogen functional groups attached to an aromatic ring is 1. The number of halogens is 1. The highest BCUT2D eigenvalue weighted by Crippen LogP contribution is 2.20. The zero-order valence-corrected chi connectivity index (χ0v) is 9.54. The van der Waals surface area contributed by atoms with Crippen molar-refractivity contribution in [3.63, 3.8) is 0 Å². The van der Waals surface area contributed by atoms with E-state index in [0.29, 0.717) is 23.7 Å². The summed E-state index contributed by atoms with van der Waals surface area (Å²) in [6, 6.07) is 0. The predicted octanol–water partition coefficient (Wildman–Crippen LogP) is 1.06. The first kappa shape index (κ1) is 12.0. The van der Waals surface area contributed by atoms with Crippen LogP contribution in [0.1, 0.15) is 12.6 Å². The van der Waals surface area contributed by atoms with E-state index in [4.69, 9.17) is 22.4 Å². The lowest BCUT2D eigenvalue weighted by Crippen LogP contribution is -2.16. The standard InChI is InChI=1S/C9H15ClN4O/c1-5(4-15)3-12-8-7(11)6(2)13-9(10)14-8/h5,15H,3-4,11H2,1-2H3,(H,12,13,14). The third kappa shape index (κ3) is 3.21. The maximum atomic E-state index is 8.86. The molecule has 0 amide bonds. The molecule has 0 saturated heterocycles. The highest BCUT2D eigenvalue weighted by molar-refractivity contribution is 6.28. The lowest BCUT2D eigenvalue weighted by Gasteiger charge is -2.12. The van der Waals surface area contributed by atoms with Crippen molar-refractivity contribution in [1.29, 1.82) is 0 Å². The molecule has 1 atom stereocenters. The second-order valence-electron chi connectivity index (χ2n) is 3.51. The second kappa shape index (κ2) is 5.14. The van der Waals surface area contributed by atoms with Crippen LogP contribution < -0.4 is 11.1 Å². The van der Waals surface area contributed by atoms with Crippen LogP contribution in [0.5, 0.6) is 0 Å². The normalized spacial score (nSPS) is 12.5. The van der Waals surface area contributed by atoms with Gasteiger partial charge in [-0.15, -0.1) is 0 Å². The molecule has 0 spiro atoms. The molecule has 1 unspecified atom stereocenters. The van der Waals surface area contributed by atoms with Crippen molar-refractivity contribution in [1.82, 2.24) is 9.97 Å². The van der Waals surface area contributed by atoms with E-state index in [1.54, 1.807) is 6.92 Å². The molecule has 1 heterocycles. The van der Waals surface area contributed by atoms with Crippen molar-refractivity contribution in [3.8, 4) is 0 Å². The Kier molecular flexibility index (Phi) is 4.11. The molecule has 0 saturated carbocycles. The van der Waals surface area contributed by atoms with Crippen LogP contribution in [-0.4, -0.2) is 28.2 Å². The first-order valence-corrected chi connectivity index (χ1v) is 5.06. The van der Waals surface area contributed by atoms with Gasteiger partial charge in [0.05, 0.1) is 11.4 Å². The van der Waals surface area contributed by atoms with Crippen molar-refractivity contribution in [2.24, 2.45) is 5.92 Å². The van der Waals surface area contributed by atoms with Gasteiger partial charge >= 0.3 is 0 Å². The topological polar surface area (TPSA) is 84.1 Å². The summed E-state index contributed by atoms with van der Waals surface area (Å²) >= 11 is 5.70. The summed E-state index contributed by atoms with van der Waals surface area (Å²) in [5.74, 6) is 0.659. The molecule has 0 bridgehead atoms. The van der Waals surface area contributed by atoms with Crippen LogP contribution >= 0.6 is 11.6 Å². The number of aliphatic hydroxyl groups excluding tert-OH is 1. The average Bonchev–Trinajstić information content (AvgIpc) is 2.20. The number of aromatic nitrogens is 2. The van der Waals surface area contributed by atoms with Crippen LogP contribution in [-0.2, 0) is 0 Å². The molecule has 1 aromatic heterocycles. The monoisotopic (exact) mass is 230 g/mol. The minimum Gasteiger partial charge on any atom is -0.396 e. The molecule has 1 rings (SSSR count). The first-order valence-electron chi connectivity index (χ1n) is 4.69. The number of nitrogens with two attached hydrogens (primary N) is 1. The van der Waals surface area contributed by atoms with Gasteiger partial charge in [-0.2, -0.15) is 4.98 Å². The molecule has 6 heteroatoms. The van der Waals surface area contributed by atoms with E-state index in [1.165, 1.54) is 0 Å². The summed E-state index contributed by atoms with van der Waals surface area (Å²) in [6.07, 6.45) is 0. The van der Waals surface area contributed by atoms with Crippen LogP contribution in [0.2, 0.25) is 5.28 Å². The zero-order valence-electron chi connectivity index (χ0n) is 8.79. The van der Waals surface area contributed by atoms with E-state index in [9.17, 15) is 0 Å². The van der Waals surface area contributed by atoms with Crippen LogP contribution in [0.25, 0.3) is 0 Å². The molecule has 0 radical (unpaired) electrons. The van der Waals surface area contributed by atoms with Crippen molar-refractivity contribution in [3.05, 3.63) is 11.0 Å². The number of anilines is 2. The summed E-state index contributed by atoms with van der Waals surface area (Å²) in [5, 5.41) is 12.1. The highest BCUT2D eigenvalue weighted by Gasteiger charge is 2.08. The number of hydrogen-bond donors (Lipinski definition) is 3. The molecular weight excluding hydrogens is 216 g/mol. The van der Waals surface area contributed by atoms with Crippen molar-refractivity contribution in [2.45, 2.75) is 13.8 Å². The first-order chi connectivity index (χ1) is 7.04. The molecule has 84 valence electrons. The Hall–Kier alpha value is -1.07. The Morgan fingerprint density at radius 2 is 2.20 bits per heavy atom. The molecular formula is C9H15ClN4O. The highest BCUT2D eigenvalue weighted by atomic mass is 35.5. The summed E-state index contributed by atoms with van der Waals surface area (Å²) in [5.41, 5.74) is 6.91. The molecule has 15 heavy (non-hydrogen) atoms. The van der Waals surface area contributed by atoms with Gasteiger partial charge in [0.2, 0.25) is 5.28 Å². The number of rotatable bonds is 4. The van der Waals surface area contributed by atoms with E-state index < -0.39 is 0 Å². The Bertz CT molecular complexity index is 345. The SMILES string of the molecule is Cc1nc(Cl)nc(NCC(C)CO)c1N. The smallest absolute Gasteiger partial charge is 0.224 e. The van der Waals surface area contributed by atoms with Gasteiger partial charge in [-0.05, 0) is 24.4 Å². The maximum absolute atomic E-state index is 8.86. The third-order valence-corrected chi connectivity index (χ3v) is 2.21. The van der Waals surface area contributed by atoms with Gasteiger partial charge in [0.15, 0.2) is 5.82 Å². The third-order valence-electron chi connectivity index (χ3n) is 2.04. The predicted molar refractivity (Wildman–Crippen MR) is 60.9 cm³/mol. The van der Waals surface area contributed by atoms with E-state index in [2.05, 4.69) is 15.3 Å². The summed E-state index contributed by atoms with van der Waals surface area (Å²) in [4.78, 5) is 7.90. The van der Waals surface area contributed by atoms with Crippen LogP contribution in [0.4, 0.5) is 11.5 Å². The fourth-order valence-electron chi connectivity index (χ4n) is 1.02. The van der Waals surface area contributed by atoms with E-state index in [-0.39, 0.29) is 17.8 Å². The molecule has 0 aliphatic heterocycles. The molecule has 1 aromatic rings. The van der Waals surface area contributed by atoms with Gasteiger partial charge in [0, 0.05) is 13.2 Å². The van der Waals surface area contributed by atoms with Gasteiger partial charge in [-0.1, -0.05) is 6.92 Å². The quantitative estimate of drug-likeness (QED) is 0.674. The maximum Gasteiger partial charge on any atom is 0.224 e. The van der Waals surface area contributed by atoms with Gasteiger partial charge in [0.1, 0.15) is 0 Å². The summed E-state index contributed by atoms with van der Waals surface area (Å²) < 4.78 is 0. The van der Waals surface area contributed by atoms with Gasteiger partial charge in [-0.3, -0.25) is 0 Å². The Labute approximate surface area is 93.7 Å². The molecule has 0 fully saturated rings. The number of nitrogens with one attached hydrogen (secondary N) is 1. The molecule has 0 aliphatic carbocycles. The number of nitrogens with zero attached hydrogens (tertiary/aromatic N) is 2. The van der Waals surface area contributed by atoms with Crippen LogP contribution in [0, 0.1) is 12.8 Å². The van der Waals surface area contributed by atoms with Gasteiger partial charge in [0.25, 0.3) is 0 Å². The average molecular weight is 231 g/mol. The lowest BCUT2D eigenvalue weighted by molar-refractivity contribution is 0.244. The van der Waals surface area contributed by atoms with Gasteiger partial charge in [-0.25, -0.2) is 4.98 Å². The minimum absolute atomic E-state index is 0.116. The molecule has 0 aliphatic rings. The Morgan fingerprint density at radius 3 is 2.80 bits per heavy atom. The van der Waals surface area contributed by atoms with E-state index in [0.717, 1.165) is 0 Å². The summed E-state index contributed by atoms with van der Waals surface area (Å²) in [6.45, 7) is 4.39. The van der Waals surface area contributed by atoms with E-state index >= 15 is 0 Å². The fraction of sp³-hybridized carbons (Fsp3) is 0.556.